The lowest BCUT2D eigenvalue weighted by Gasteiger charge is -2.04. The van der Waals surface area contributed by atoms with Gasteiger partial charge in [-0.05, 0) is 19.9 Å². The second kappa shape index (κ2) is 3.68. The zero-order valence-corrected chi connectivity index (χ0v) is 7.37. The van der Waals surface area contributed by atoms with Gasteiger partial charge in [0, 0.05) is 5.69 Å². The largest absolute Gasteiger partial charge is 0.425 e. The van der Waals surface area contributed by atoms with E-state index in [0.717, 1.165) is 5.69 Å². The molecule has 4 nitrogen and oxygen atoms in total. The predicted molar refractivity (Wildman–Crippen MR) is 45.1 cm³/mol. The van der Waals surface area contributed by atoms with Gasteiger partial charge >= 0.3 is 0 Å². The van der Waals surface area contributed by atoms with Crippen LogP contribution in [-0.2, 0) is 4.79 Å². The molecule has 1 heterocycles. The number of hydrogen-bond acceptors (Lipinski definition) is 4. The lowest BCUT2D eigenvalue weighted by atomic mass is 10.2. The van der Waals surface area contributed by atoms with E-state index in [4.69, 9.17) is 5.26 Å². The molecule has 1 aromatic rings. The predicted octanol–water partition coefficient (Wildman–Crippen LogP) is 1.11. The third-order valence-corrected chi connectivity index (χ3v) is 1.56. The number of aryl methyl sites for hydroxylation is 2. The number of ether oxygens (including phenoxy) is 1. The minimum Gasteiger partial charge on any atom is -0.425 e. The van der Waals surface area contributed by atoms with Crippen molar-refractivity contribution < 1.29 is 9.53 Å². The number of hydrogen-bond donors (Lipinski definition) is 0. The molecule has 66 valence electrons. The number of carbonyl (C=O) groups excluding carboxylic acids is 1. The second-order valence-electron chi connectivity index (χ2n) is 2.55. The normalized spacial score (nSPS) is 9.00. The van der Waals surface area contributed by atoms with Gasteiger partial charge in [-0.1, -0.05) is 0 Å². The Hall–Kier alpha value is -1.89. The van der Waals surface area contributed by atoms with Crippen molar-refractivity contribution >= 4 is 6.47 Å². The van der Waals surface area contributed by atoms with E-state index < -0.39 is 0 Å². The molecule has 0 aliphatic rings. The van der Waals surface area contributed by atoms with Gasteiger partial charge < -0.3 is 4.74 Å². The highest BCUT2D eigenvalue weighted by Crippen LogP contribution is 2.21. The van der Waals surface area contributed by atoms with Crippen LogP contribution in [0.1, 0.15) is 17.0 Å². The summed E-state index contributed by atoms with van der Waals surface area (Å²) < 4.78 is 4.65. The molecule has 0 aliphatic heterocycles. The highest BCUT2D eigenvalue weighted by molar-refractivity contribution is 5.53. The number of carbonyl (C=O) groups is 1. The van der Waals surface area contributed by atoms with Gasteiger partial charge in [-0.3, -0.25) is 9.78 Å². The summed E-state index contributed by atoms with van der Waals surface area (Å²) in [4.78, 5) is 14.2. The molecule has 1 rings (SSSR count). The number of aromatic nitrogens is 1. The Labute approximate surface area is 75.8 Å². The Morgan fingerprint density at radius 1 is 1.62 bits per heavy atom. The maximum absolute atomic E-state index is 10.1. The molecular formula is C9H8N2O2. The highest BCUT2D eigenvalue weighted by Gasteiger charge is 2.08. The fourth-order valence-electron chi connectivity index (χ4n) is 1.10. The topological polar surface area (TPSA) is 63.0 Å². The van der Waals surface area contributed by atoms with E-state index in [9.17, 15) is 4.79 Å². The van der Waals surface area contributed by atoms with E-state index in [2.05, 4.69) is 9.72 Å². The molecule has 0 fully saturated rings. The first-order valence-electron chi connectivity index (χ1n) is 3.67. The van der Waals surface area contributed by atoms with Gasteiger partial charge in [-0.15, -0.1) is 0 Å². The molecule has 0 unspecified atom stereocenters. The van der Waals surface area contributed by atoms with Crippen molar-refractivity contribution in [2.24, 2.45) is 0 Å². The van der Waals surface area contributed by atoms with Crippen LogP contribution >= 0.6 is 0 Å². The number of pyridine rings is 1. The summed E-state index contributed by atoms with van der Waals surface area (Å²) in [5.74, 6) is 0.239. The minimum absolute atomic E-state index is 0.239. The second-order valence-corrected chi connectivity index (χ2v) is 2.55. The summed E-state index contributed by atoms with van der Waals surface area (Å²) in [5.41, 5.74) is 1.60. The van der Waals surface area contributed by atoms with Crippen molar-refractivity contribution in [2.75, 3.05) is 0 Å². The summed E-state index contributed by atoms with van der Waals surface area (Å²) in [6, 6.07) is 3.51. The van der Waals surface area contributed by atoms with E-state index in [1.807, 2.05) is 6.07 Å². The molecule has 0 amide bonds. The van der Waals surface area contributed by atoms with E-state index in [0.29, 0.717) is 17.7 Å². The Kier molecular flexibility index (Phi) is 2.60. The summed E-state index contributed by atoms with van der Waals surface area (Å²) in [7, 11) is 0. The Morgan fingerprint density at radius 2 is 2.31 bits per heavy atom. The molecule has 0 atom stereocenters. The fourth-order valence-corrected chi connectivity index (χ4v) is 1.10. The van der Waals surface area contributed by atoms with Crippen LogP contribution in [0.2, 0.25) is 0 Å². The quantitative estimate of drug-likeness (QED) is 0.633. The van der Waals surface area contributed by atoms with Gasteiger partial charge in [0.05, 0.1) is 11.3 Å². The SMILES string of the molecule is Cc1cc(C#N)c(OC=O)c(C)n1. The number of nitriles is 1. The maximum atomic E-state index is 10.1. The van der Waals surface area contributed by atoms with E-state index in [1.165, 1.54) is 0 Å². The molecule has 0 radical (unpaired) electrons. The maximum Gasteiger partial charge on any atom is 0.298 e. The van der Waals surface area contributed by atoms with Crippen LogP contribution in [-0.4, -0.2) is 11.5 Å². The van der Waals surface area contributed by atoms with E-state index >= 15 is 0 Å². The van der Waals surface area contributed by atoms with Crippen molar-refractivity contribution in [3.63, 3.8) is 0 Å². The minimum atomic E-state index is 0.239. The van der Waals surface area contributed by atoms with E-state index in [1.54, 1.807) is 19.9 Å². The molecule has 0 bridgehead atoms. The average molecular weight is 176 g/mol. The highest BCUT2D eigenvalue weighted by atomic mass is 16.5. The molecule has 0 aromatic carbocycles. The van der Waals surface area contributed by atoms with Crippen molar-refractivity contribution in [1.82, 2.24) is 4.98 Å². The number of rotatable bonds is 2. The van der Waals surface area contributed by atoms with E-state index in [-0.39, 0.29) is 5.75 Å². The molecule has 0 aliphatic carbocycles. The van der Waals surface area contributed by atoms with Gasteiger partial charge in [0.1, 0.15) is 6.07 Å². The molecular weight excluding hydrogens is 168 g/mol. The van der Waals surface area contributed by atoms with Gasteiger partial charge in [0.25, 0.3) is 6.47 Å². The first kappa shape index (κ1) is 9.20. The standard InChI is InChI=1S/C9H8N2O2/c1-6-3-8(4-10)9(13-5-12)7(2)11-6/h3,5H,1-2H3. The molecule has 0 saturated carbocycles. The van der Waals surface area contributed by atoms with Crippen LogP contribution < -0.4 is 4.74 Å². The van der Waals surface area contributed by atoms with Crippen LogP contribution in [0.3, 0.4) is 0 Å². The first-order chi connectivity index (χ1) is 6.19. The lowest BCUT2D eigenvalue weighted by molar-refractivity contribution is -0.120. The van der Waals surface area contributed by atoms with Crippen molar-refractivity contribution in [1.29, 1.82) is 5.26 Å². The first-order valence-corrected chi connectivity index (χ1v) is 3.67. The van der Waals surface area contributed by atoms with Crippen LogP contribution in [0, 0.1) is 25.2 Å². The molecule has 13 heavy (non-hydrogen) atoms. The van der Waals surface area contributed by atoms with Crippen LogP contribution in [0.25, 0.3) is 0 Å². The van der Waals surface area contributed by atoms with Crippen LogP contribution in [0.15, 0.2) is 6.07 Å². The number of nitrogens with zero attached hydrogens (tertiary/aromatic N) is 2. The summed E-state index contributed by atoms with van der Waals surface area (Å²) in [5, 5.41) is 8.72. The summed E-state index contributed by atoms with van der Waals surface area (Å²) in [6.07, 6.45) is 0. The van der Waals surface area contributed by atoms with Crippen LogP contribution in [0.5, 0.6) is 5.75 Å². The van der Waals surface area contributed by atoms with Crippen LogP contribution in [0.4, 0.5) is 0 Å². The lowest BCUT2D eigenvalue weighted by Crippen LogP contribution is -1.98. The summed E-state index contributed by atoms with van der Waals surface area (Å²) in [6.45, 7) is 3.76. The molecule has 0 spiro atoms. The Morgan fingerprint density at radius 3 is 2.85 bits per heavy atom. The smallest absolute Gasteiger partial charge is 0.298 e. The van der Waals surface area contributed by atoms with Gasteiger partial charge in [0.2, 0.25) is 0 Å². The monoisotopic (exact) mass is 176 g/mol. The van der Waals surface area contributed by atoms with Crippen molar-refractivity contribution in [3.8, 4) is 11.8 Å². The Bertz CT molecular complexity index is 380. The van der Waals surface area contributed by atoms with Gasteiger partial charge in [-0.25, -0.2) is 0 Å². The third-order valence-electron chi connectivity index (χ3n) is 1.56. The van der Waals surface area contributed by atoms with Crippen molar-refractivity contribution in [3.05, 3.63) is 23.0 Å². The zero-order valence-electron chi connectivity index (χ0n) is 7.37. The van der Waals surface area contributed by atoms with Gasteiger partial charge in [-0.2, -0.15) is 5.26 Å². The third kappa shape index (κ3) is 1.82. The molecule has 0 N–H and O–H groups in total. The fraction of sp³-hybridized carbons (Fsp3) is 0.222. The molecule has 0 saturated heterocycles. The average Bonchev–Trinajstić information content (AvgIpc) is 2.09. The molecule has 4 heteroatoms. The van der Waals surface area contributed by atoms with Gasteiger partial charge in [0.15, 0.2) is 5.75 Å². The Balaban J connectivity index is 3.31. The van der Waals surface area contributed by atoms with Crippen molar-refractivity contribution in [2.45, 2.75) is 13.8 Å². The molecule has 1 aromatic heterocycles. The zero-order chi connectivity index (χ0) is 9.84. The summed E-state index contributed by atoms with van der Waals surface area (Å²) >= 11 is 0.